The van der Waals surface area contributed by atoms with Crippen LogP contribution in [0.5, 0.6) is 0 Å². The summed E-state index contributed by atoms with van der Waals surface area (Å²) in [5.41, 5.74) is 0. The molecule has 0 saturated carbocycles. The lowest BCUT2D eigenvalue weighted by Crippen LogP contribution is -2.17. The van der Waals surface area contributed by atoms with Crippen LogP contribution in [0.15, 0.2) is 10.7 Å². The summed E-state index contributed by atoms with van der Waals surface area (Å²) in [6.45, 7) is 3.51. The summed E-state index contributed by atoms with van der Waals surface area (Å²) in [6.07, 6.45) is 3.42. The lowest BCUT2D eigenvalue weighted by molar-refractivity contribution is 0.595. The second-order valence-corrected chi connectivity index (χ2v) is 8.05. The zero-order valence-electron chi connectivity index (χ0n) is 11.4. The van der Waals surface area contributed by atoms with Crippen LogP contribution in [0.1, 0.15) is 19.8 Å². The van der Waals surface area contributed by atoms with E-state index >= 15 is 0 Å². The molecule has 0 bridgehead atoms. The van der Waals surface area contributed by atoms with Crippen molar-refractivity contribution in [2.75, 3.05) is 35.2 Å². The van der Waals surface area contributed by atoms with E-state index in [1.165, 1.54) is 0 Å². The van der Waals surface area contributed by atoms with Gasteiger partial charge in [-0.05, 0) is 34.7 Å². The van der Waals surface area contributed by atoms with Crippen molar-refractivity contribution < 1.29 is 8.42 Å². The van der Waals surface area contributed by atoms with Crippen molar-refractivity contribution in [3.05, 3.63) is 10.7 Å². The Labute approximate surface area is 127 Å². The molecule has 0 aromatic carbocycles. The summed E-state index contributed by atoms with van der Waals surface area (Å²) < 4.78 is 23.6. The van der Waals surface area contributed by atoms with Crippen LogP contribution in [0.4, 0.5) is 11.8 Å². The fraction of sp³-hybridized carbons (Fsp3) is 0.667. The van der Waals surface area contributed by atoms with E-state index in [-0.39, 0.29) is 11.7 Å². The zero-order valence-corrected chi connectivity index (χ0v) is 13.8. The maximum absolute atomic E-state index is 11.4. The van der Waals surface area contributed by atoms with E-state index in [4.69, 9.17) is 0 Å². The van der Waals surface area contributed by atoms with Crippen LogP contribution in [-0.4, -0.2) is 43.0 Å². The molecule has 8 heteroatoms. The van der Waals surface area contributed by atoms with Gasteiger partial charge >= 0.3 is 0 Å². The van der Waals surface area contributed by atoms with Crippen molar-refractivity contribution in [1.82, 2.24) is 9.97 Å². The lowest BCUT2D eigenvalue weighted by Gasteiger charge is -2.12. The number of nitrogens with one attached hydrogen (secondary N) is 2. The molecule has 1 aliphatic rings. The molecule has 0 amide bonds. The number of anilines is 2. The summed E-state index contributed by atoms with van der Waals surface area (Å²) >= 11 is 3.40. The zero-order chi connectivity index (χ0) is 14.6. The number of sulfone groups is 1. The molecule has 1 aliphatic heterocycles. The molecule has 20 heavy (non-hydrogen) atoms. The summed E-state index contributed by atoms with van der Waals surface area (Å²) in [5, 5.41) is 6.33. The van der Waals surface area contributed by atoms with Gasteiger partial charge in [-0.1, -0.05) is 6.92 Å². The average Bonchev–Trinajstić information content (AvgIpc) is 2.76. The van der Waals surface area contributed by atoms with E-state index in [0.717, 1.165) is 23.9 Å². The highest BCUT2D eigenvalue weighted by molar-refractivity contribution is 9.10. The third-order valence-corrected chi connectivity index (χ3v) is 5.58. The van der Waals surface area contributed by atoms with Crippen molar-refractivity contribution in [3.8, 4) is 0 Å². The van der Waals surface area contributed by atoms with Gasteiger partial charge < -0.3 is 10.6 Å². The number of hydrogen-bond donors (Lipinski definition) is 2. The van der Waals surface area contributed by atoms with Gasteiger partial charge in [0, 0.05) is 19.3 Å². The number of aromatic nitrogens is 2. The van der Waals surface area contributed by atoms with Gasteiger partial charge in [-0.2, -0.15) is 4.98 Å². The van der Waals surface area contributed by atoms with Gasteiger partial charge in [0.2, 0.25) is 5.95 Å². The van der Waals surface area contributed by atoms with E-state index in [9.17, 15) is 8.42 Å². The summed E-state index contributed by atoms with van der Waals surface area (Å²) in [4.78, 5) is 8.55. The maximum Gasteiger partial charge on any atom is 0.224 e. The SMILES string of the molecule is CCCNc1ncc(Br)c(NCC2CCS(=O)(=O)C2)n1. The molecule has 1 saturated heterocycles. The van der Waals surface area contributed by atoms with E-state index in [2.05, 4.69) is 43.5 Å². The Hall–Kier alpha value is -0.890. The largest absolute Gasteiger partial charge is 0.369 e. The van der Waals surface area contributed by atoms with E-state index in [0.29, 0.717) is 24.1 Å². The summed E-state index contributed by atoms with van der Waals surface area (Å²) in [5.74, 6) is 2.01. The molecule has 1 fully saturated rings. The second-order valence-electron chi connectivity index (χ2n) is 4.97. The van der Waals surface area contributed by atoms with Crippen molar-refractivity contribution in [3.63, 3.8) is 0 Å². The van der Waals surface area contributed by atoms with Crippen molar-refractivity contribution in [1.29, 1.82) is 0 Å². The first-order valence-electron chi connectivity index (χ1n) is 6.71. The smallest absolute Gasteiger partial charge is 0.224 e. The molecule has 1 aromatic rings. The van der Waals surface area contributed by atoms with E-state index < -0.39 is 9.84 Å². The molecule has 6 nitrogen and oxygen atoms in total. The fourth-order valence-corrected chi connectivity index (χ4v) is 4.28. The third-order valence-electron chi connectivity index (χ3n) is 3.16. The predicted octanol–water partition coefficient (Wildman–Crippen LogP) is 1.91. The minimum absolute atomic E-state index is 0.161. The Morgan fingerprint density at radius 2 is 2.25 bits per heavy atom. The van der Waals surface area contributed by atoms with E-state index in [1.807, 2.05) is 0 Å². The Morgan fingerprint density at radius 1 is 1.45 bits per heavy atom. The molecule has 2 N–H and O–H groups in total. The Kier molecular flexibility index (Phi) is 5.20. The van der Waals surface area contributed by atoms with Crippen LogP contribution < -0.4 is 10.6 Å². The number of nitrogens with zero attached hydrogens (tertiary/aromatic N) is 2. The standard InChI is InChI=1S/C12H19BrN4O2S/c1-2-4-14-12-16-7-10(13)11(17-12)15-6-9-3-5-20(18,19)8-9/h7,9H,2-6,8H2,1H3,(H2,14,15,16,17). The third kappa shape index (κ3) is 4.31. The Morgan fingerprint density at radius 3 is 2.90 bits per heavy atom. The summed E-state index contributed by atoms with van der Waals surface area (Å²) in [6, 6.07) is 0. The molecule has 112 valence electrons. The molecular weight excluding hydrogens is 344 g/mol. The molecule has 1 aromatic heterocycles. The van der Waals surface area contributed by atoms with Gasteiger partial charge in [-0.15, -0.1) is 0 Å². The fourth-order valence-electron chi connectivity index (χ4n) is 2.09. The first kappa shape index (κ1) is 15.5. The maximum atomic E-state index is 11.4. The molecule has 0 aliphatic carbocycles. The first-order chi connectivity index (χ1) is 9.50. The van der Waals surface area contributed by atoms with Crippen LogP contribution in [-0.2, 0) is 9.84 Å². The quantitative estimate of drug-likeness (QED) is 0.803. The van der Waals surface area contributed by atoms with Gasteiger partial charge in [-0.25, -0.2) is 13.4 Å². The monoisotopic (exact) mass is 362 g/mol. The minimum atomic E-state index is -2.83. The molecule has 2 rings (SSSR count). The van der Waals surface area contributed by atoms with Gasteiger partial charge in [0.25, 0.3) is 0 Å². The van der Waals surface area contributed by atoms with Crippen molar-refractivity contribution in [2.24, 2.45) is 5.92 Å². The van der Waals surface area contributed by atoms with Gasteiger partial charge in [0.15, 0.2) is 9.84 Å². The van der Waals surface area contributed by atoms with Crippen LogP contribution in [0.2, 0.25) is 0 Å². The highest BCUT2D eigenvalue weighted by Gasteiger charge is 2.27. The Bertz CT molecular complexity index is 565. The highest BCUT2D eigenvalue weighted by Crippen LogP contribution is 2.23. The molecular formula is C12H19BrN4O2S. The van der Waals surface area contributed by atoms with Crippen LogP contribution in [0, 0.1) is 5.92 Å². The average molecular weight is 363 g/mol. The van der Waals surface area contributed by atoms with Crippen molar-refractivity contribution >= 4 is 37.5 Å². The van der Waals surface area contributed by atoms with Crippen LogP contribution >= 0.6 is 15.9 Å². The van der Waals surface area contributed by atoms with Gasteiger partial charge in [0.05, 0.1) is 16.0 Å². The van der Waals surface area contributed by atoms with Gasteiger partial charge in [-0.3, -0.25) is 0 Å². The lowest BCUT2D eigenvalue weighted by atomic mass is 10.1. The molecule has 0 radical (unpaired) electrons. The topological polar surface area (TPSA) is 84.0 Å². The molecule has 1 atom stereocenters. The molecule has 2 heterocycles. The number of rotatable bonds is 6. The van der Waals surface area contributed by atoms with Crippen LogP contribution in [0.3, 0.4) is 0 Å². The molecule has 1 unspecified atom stereocenters. The second kappa shape index (κ2) is 6.71. The predicted molar refractivity (Wildman–Crippen MR) is 83.8 cm³/mol. The number of halogens is 1. The molecule has 0 spiro atoms. The first-order valence-corrected chi connectivity index (χ1v) is 9.32. The summed E-state index contributed by atoms with van der Waals surface area (Å²) in [7, 11) is -2.83. The minimum Gasteiger partial charge on any atom is -0.369 e. The van der Waals surface area contributed by atoms with Crippen LogP contribution in [0.25, 0.3) is 0 Å². The number of hydrogen-bond acceptors (Lipinski definition) is 6. The van der Waals surface area contributed by atoms with Crippen molar-refractivity contribution in [2.45, 2.75) is 19.8 Å². The highest BCUT2D eigenvalue weighted by atomic mass is 79.9. The van der Waals surface area contributed by atoms with Gasteiger partial charge in [0.1, 0.15) is 5.82 Å². The van der Waals surface area contributed by atoms with E-state index in [1.54, 1.807) is 6.20 Å². The Balaban J connectivity index is 1.95. The normalized spacial score (nSPS) is 20.8.